The van der Waals surface area contributed by atoms with Gasteiger partial charge in [-0.05, 0) is 29.3 Å². The standard InChI is InChI=1S/C11H9NO3S.C7H6O/c13-11(14)9(16)10-12-8(6-15-10)7-4-2-1-3-5-7;1-8-7-3-5-2-6(5)4-7/h1-6,9,16H,(H,13,14);2-4H,1H3. The van der Waals surface area contributed by atoms with Crippen molar-refractivity contribution in [1.82, 2.24) is 4.98 Å². The molecule has 5 nitrogen and oxygen atoms in total. The molecule has 0 amide bonds. The van der Waals surface area contributed by atoms with Gasteiger partial charge in [-0.3, -0.25) is 4.79 Å². The van der Waals surface area contributed by atoms with E-state index in [0.717, 1.165) is 11.3 Å². The van der Waals surface area contributed by atoms with Gasteiger partial charge >= 0.3 is 5.97 Å². The summed E-state index contributed by atoms with van der Waals surface area (Å²) in [6.45, 7) is 0. The molecule has 0 bridgehead atoms. The van der Waals surface area contributed by atoms with Crippen molar-refractivity contribution in [3.05, 3.63) is 60.7 Å². The lowest BCUT2D eigenvalue weighted by Gasteiger charge is -1.97. The molecule has 2 aliphatic rings. The largest absolute Gasteiger partial charge is 0.497 e. The molecule has 4 rings (SSSR count). The summed E-state index contributed by atoms with van der Waals surface area (Å²) in [5.74, 6) is -0.00279. The highest BCUT2D eigenvalue weighted by Crippen LogP contribution is 2.39. The normalized spacial score (nSPS) is 11.9. The van der Waals surface area contributed by atoms with E-state index in [4.69, 9.17) is 14.3 Å². The Bertz CT molecular complexity index is 840. The molecule has 0 radical (unpaired) electrons. The van der Waals surface area contributed by atoms with Crippen LogP contribution in [0.2, 0.25) is 0 Å². The minimum atomic E-state index is -1.08. The fraction of sp³-hybridized carbons (Fsp3) is 0.111. The topological polar surface area (TPSA) is 72.6 Å². The van der Waals surface area contributed by atoms with Crippen molar-refractivity contribution in [2.24, 2.45) is 0 Å². The Kier molecular flexibility index (Phi) is 4.57. The van der Waals surface area contributed by atoms with Crippen LogP contribution in [0.15, 0.2) is 59.2 Å². The molecule has 1 N–H and O–H groups in total. The van der Waals surface area contributed by atoms with Crippen LogP contribution in [0.3, 0.4) is 0 Å². The molecule has 0 saturated heterocycles. The Morgan fingerprint density at radius 2 is 1.83 bits per heavy atom. The number of aromatic nitrogens is 1. The highest BCUT2D eigenvalue weighted by Gasteiger charge is 2.20. The highest BCUT2D eigenvalue weighted by atomic mass is 32.1. The Morgan fingerprint density at radius 1 is 1.17 bits per heavy atom. The number of hydrogen-bond donors (Lipinski definition) is 2. The number of rotatable bonds is 4. The van der Waals surface area contributed by atoms with Crippen LogP contribution < -0.4 is 4.74 Å². The van der Waals surface area contributed by atoms with Crippen LogP contribution in [0.4, 0.5) is 0 Å². The number of thiol groups is 1. The summed E-state index contributed by atoms with van der Waals surface area (Å²) in [5.41, 5.74) is 4.16. The molecule has 2 aromatic rings. The first-order valence-corrected chi connectivity index (χ1v) is 7.71. The fourth-order valence-corrected chi connectivity index (χ4v) is 2.23. The van der Waals surface area contributed by atoms with Gasteiger partial charge in [-0.25, -0.2) is 4.98 Å². The third-order valence-corrected chi connectivity index (χ3v) is 3.89. The summed E-state index contributed by atoms with van der Waals surface area (Å²) in [4.78, 5) is 14.7. The maximum Gasteiger partial charge on any atom is 0.325 e. The lowest BCUT2D eigenvalue weighted by molar-refractivity contribution is -0.136. The number of carboxylic acids is 1. The molecule has 1 heterocycles. The number of ether oxygens (including phenoxy) is 1. The van der Waals surface area contributed by atoms with Crippen LogP contribution >= 0.6 is 12.6 Å². The van der Waals surface area contributed by atoms with Gasteiger partial charge in [0.2, 0.25) is 5.89 Å². The van der Waals surface area contributed by atoms with E-state index in [0.29, 0.717) is 5.69 Å². The van der Waals surface area contributed by atoms with Crippen molar-refractivity contribution in [2.45, 2.75) is 5.25 Å². The lowest BCUT2D eigenvalue weighted by Crippen LogP contribution is -2.05. The molecule has 0 aliphatic heterocycles. The SMILES string of the molecule is COc1cc2cc-2c1.O=C(O)C(S)c1nc(-c2ccccc2)co1. The van der Waals surface area contributed by atoms with Crippen molar-refractivity contribution in [3.63, 3.8) is 0 Å². The zero-order valence-corrected chi connectivity index (χ0v) is 13.7. The maximum absolute atomic E-state index is 10.7. The molecule has 0 fully saturated rings. The van der Waals surface area contributed by atoms with E-state index >= 15 is 0 Å². The van der Waals surface area contributed by atoms with Gasteiger partial charge in [0.15, 0.2) is 5.25 Å². The lowest BCUT2D eigenvalue weighted by atomic mass is 10.2. The summed E-state index contributed by atoms with van der Waals surface area (Å²) in [6, 6.07) is 15.6. The highest BCUT2D eigenvalue weighted by molar-refractivity contribution is 7.81. The van der Waals surface area contributed by atoms with Crippen molar-refractivity contribution >= 4 is 18.6 Å². The van der Waals surface area contributed by atoms with Crippen LogP contribution in [0.5, 0.6) is 5.75 Å². The molecule has 0 saturated carbocycles. The third kappa shape index (κ3) is 3.60. The molecule has 0 spiro atoms. The molecular formula is C18H15NO4S. The molecule has 1 atom stereocenters. The van der Waals surface area contributed by atoms with E-state index in [-0.39, 0.29) is 5.89 Å². The van der Waals surface area contributed by atoms with Gasteiger partial charge in [-0.1, -0.05) is 30.3 Å². The van der Waals surface area contributed by atoms with E-state index in [2.05, 4.69) is 23.7 Å². The second-order valence-electron chi connectivity index (χ2n) is 5.13. The van der Waals surface area contributed by atoms with Crippen molar-refractivity contribution in [3.8, 4) is 28.1 Å². The minimum absolute atomic E-state index is 0.0923. The van der Waals surface area contributed by atoms with Crippen LogP contribution in [0, 0.1) is 0 Å². The van der Waals surface area contributed by atoms with Crippen molar-refractivity contribution in [2.75, 3.05) is 7.11 Å². The fourth-order valence-electron chi connectivity index (χ4n) is 2.11. The summed E-state index contributed by atoms with van der Waals surface area (Å²) >= 11 is 3.88. The summed E-state index contributed by atoms with van der Waals surface area (Å²) in [7, 11) is 1.69. The molecule has 1 aromatic heterocycles. The van der Waals surface area contributed by atoms with Crippen LogP contribution in [-0.4, -0.2) is 23.2 Å². The predicted octanol–water partition coefficient (Wildman–Crippen LogP) is 4.07. The van der Waals surface area contributed by atoms with E-state index in [9.17, 15) is 4.79 Å². The third-order valence-electron chi connectivity index (χ3n) is 3.45. The van der Waals surface area contributed by atoms with Gasteiger partial charge in [0, 0.05) is 5.56 Å². The Labute approximate surface area is 144 Å². The second-order valence-corrected chi connectivity index (χ2v) is 5.64. The van der Waals surface area contributed by atoms with Crippen molar-refractivity contribution < 1.29 is 19.1 Å². The minimum Gasteiger partial charge on any atom is -0.497 e. The van der Waals surface area contributed by atoms with Gasteiger partial charge in [0.1, 0.15) is 17.7 Å². The van der Waals surface area contributed by atoms with E-state index in [1.165, 1.54) is 17.4 Å². The van der Waals surface area contributed by atoms with Crippen LogP contribution in [0.1, 0.15) is 11.1 Å². The molecule has 1 aromatic carbocycles. The summed E-state index contributed by atoms with van der Waals surface area (Å²) < 4.78 is 10.0. The monoisotopic (exact) mass is 341 g/mol. The predicted molar refractivity (Wildman–Crippen MR) is 93.3 cm³/mol. The van der Waals surface area contributed by atoms with E-state index in [1.807, 2.05) is 42.5 Å². The number of carboxylic acid groups (broad SMARTS) is 1. The van der Waals surface area contributed by atoms with E-state index in [1.54, 1.807) is 7.11 Å². The van der Waals surface area contributed by atoms with Gasteiger partial charge < -0.3 is 14.3 Å². The molecule has 1 unspecified atom stereocenters. The molecule has 122 valence electrons. The summed E-state index contributed by atoms with van der Waals surface area (Å²) in [6.07, 6.45) is 1.43. The Balaban J connectivity index is 0.000000175. The number of benzene rings is 2. The number of oxazole rings is 1. The first-order chi connectivity index (χ1) is 11.6. The van der Waals surface area contributed by atoms with Crippen LogP contribution in [0.25, 0.3) is 22.4 Å². The molecular weight excluding hydrogens is 326 g/mol. The first-order valence-electron chi connectivity index (χ1n) is 7.19. The number of hydrogen-bond acceptors (Lipinski definition) is 5. The van der Waals surface area contributed by atoms with Gasteiger partial charge in [-0.15, -0.1) is 0 Å². The van der Waals surface area contributed by atoms with Gasteiger partial charge in [0.25, 0.3) is 0 Å². The molecule has 6 heteroatoms. The average Bonchev–Trinajstić information content (AvgIpc) is 3.04. The molecule has 2 aliphatic carbocycles. The number of methoxy groups -OCH3 is 1. The number of fused-ring (bicyclic) bond motifs is 1. The van der Waals surface area contributed by atoms with E-state index < -0.39 is 11.2 Å². The average molecular weight is 341 g/mol. The quantitative estimate of drug-likeness (QED) is 0.547. The van der Waals surface area contributed by atoms with Gasteiger partial charge in [0.05, 0.1) is 7.11 Å². The number of nitrogens with zero attached hydrogens (tertiary/aromatic N) is 1. The van der Waals surface area contributed by atoms with Crippen molar-refractivity contribution in [1.29, 1.82) is 0 Å². The Morgan fingerprint density at radius 3 is 2.38 bits per heavy atom. The summed E-state index contributed by atoms with van der Waals surface area (Å²) in [5, 5.41) is 7.71. The second kappa shape index (κ2) is 6.80. The zero-order chi connectivity index (χ0) is 17.1. The van der Waals surface area contributed by atoms with Gasteiger partial charge in [-0.2, -0.15) is 12.6 Å². The maximum atomic E-state index is 10.7. The zero-order valence-electron chi connectivity index (χ0n) is 12.8. The Hall–Kier alpha value is -2.73. The molecule has 24 heavy (non-hydrogen) atoms. The number of aliphatic carboxylic acids is 1. The first kappa shape index (κ1) is 16.1. The van der Waals surface area contributed by atoms with Crippen LogP contribution in [-0.2, 0) is 4.79 Å². The smallest absolute Gasteiger partial charge is 0.325 e. The number of carbonyl (C=O) groups is 1.